The molecule has 0 saturated carbocycles. The van der Waals surface area contributed by atoms with Gasteiger partial charge in [0.15, 0.2) is 0 Å². The normalized spacial score (nSPS) is 10.4. The average Bonchev–Trinajstić information content (AvgIpc) is 2.30. The molecule has 2 rings (SSSR count). The lowest BCUT2D eigenvalue weighted by molar-refractivity contribution is 0.627. The quantitative estimate of drug-likeness (QED) is 0.846. The van der Waals surface area contributed by atoms with Gasteiger partial charge < -0.3 is 5.32 Å². The summed E-state index contributed by atoms with van der Waals surface area (Å²) in [6.45, 7) is 4.67. The van der Waals surface area contributed by atoms with Crippen molar-refractivity contribution >= 4 is 17.3 Å². The fourth-order valence-electron chi connectivity index (χ4n) is 1.93. The molecule has 94 valence electrons. The first-order chi connectivity index (χ1) is 8.56. The Hall–Kier alpha value is -1.54. The van der Waals surface area contributed by atoms with Gasteiger partial charge in [-0.1, -0.05) is 29.8 Å². The maximum absolute atomic E-state index is 12.8. The van der Waals surface area contributed by atoms with Crippen LogP contribution in [-0.2, 0) is 6.54 Å². The van der Waals surface area contributed by atoms with Crippen molar-refractivity contribution in [3.63, 3.8) is 0 Å². The molecule has 0 radical (unpaired) electrons. The van der Waals surface area contributed by atoms with Crippen LogP contribution in [-0.4, -0.2) is 0 Å². The number of hydrogen-bond acceptors (Lipinski definition) is 1. The van der Waals surface area contributed by atoms with Gasteiger partial charge in [0.1, 0.15) is 5.82 Å². The SMILES string of the molecule is Cc1cc(C)c(NCc2ccc(F)cc2)c(Cl)c1. The molecule has 1 N–H and O–H groups in total. The average molecular weight is 264 g/mol. The van der Waals surface area contributed by atoms with Gasteiger partial charge in [-0.05, 0) is 48.7 Å². The van der Waals surface area contributed by atoms with E-state index in [4.69, 9.17) is 11.6 Å². The van der Waals surface area contributed by atoms with Crippen molar-refractivity contribution in [1.29, 1.82) is 0 Å². The highest BCUT2D eigenvalue weighted by atomic mass is 35.5. The predicted octanol–water partition coefficient (Wildman–Crippen LogP) is 4.71. The first-order valence-corrected chi connectivity index (χ1v) is 6.19. The highest BCUT2D eigenvalue weighted by molar-refractivity contribution is 6.33. The molecule has 1 nitrogen and oxygen atoms in total. The minimum Gasteiger partial charge on any atom is -0.380 e. The molecular weight excluding hydrogens is 249 g/mol. The van der Waals surface area contributed by atoms with E-state index in [9.17, 15) is 4.39 Å². The summed E-state index contributed by atoms with van der Waals surface area (Å²) in [5.41, 5.74) is 4.21. The Kier molecular flexibility index (Phi) is 3.87. The third-order valence-corrected chi connectivity index (χ3v) is 3.11. The summed E-state index contributed by atoms with van der Waals surface area (Å²) < 4.78 is 12.8. The van der Waals surface area contributed by atoms with Crippen LogP contribution in [0.3, 0.4) is 0 Å². The molecule has 2 aromatic carbocycles. The van der Waals surface area contributed by atoms with Crippen LogP contribution in [0.1, 0.15) is 16.7 Å². The zero-order valence-corrected chi connectivity index (χ0v) is 11.2. The molecule has 0 saturated heterocycles. The number of anilines is 1. The molecule has 3 heteroatoms. The third-order valence-electron chi connectivity index (χ3n) is 2.81. The fourth-order valence-corrected chi connectivity index (χ4v) is 2.32. The molecule has 2 aromatic rings. The van der Waals surface area contributed by atoms with Crippen LogP contribution in [0.2, 0.25) is 5.02 Å². The smallest absolute Gasteiger partial charge is 0.123 e. The summed E-state index contributed by atoms with van der Waals surface area (Å²) in [5, 5.41) is 4.01. The molecule has 0 amide bonds. The number of rotatable bonds is 3. The standard InChI is InChI=1S/C15H15ClFN/c1-10-7-11(2)15(14(16)8-10)18-9-12-3-5-13(17)6-4-12/h3-8,18H,9H2,1-2H3. The van der Waals surface area contributed by atoms with Crippen LogP contribution in [0.5, 0.6) is 0 Å². The van der Waals surface area contributed by atoms with Crippen molar-refractivity contribution in [2.75, 3.05) is 5.32 Å². The second-order valence-corrected chi connectivity index (χ2v) is 4.83. The Balaban J connectivity index is 2.13. The van der Waals surface area contributed by atoms with E-state index in [1.165, 1.54) is 12.1 Å². The Morgan fingerprint density at radius 1 is 1.11 bits per heavy atom. The van der Waals surface area contributed by atoms with Gasteiger partial charge >= 0.3 is 0 Å². The zero-order chi connectivity index (χ0) is 13.1. The first-order valence-electron chi connectivity index (χ1n) is 5.81. The minimum absolute atomic E-state index is 0.219. The molecule has 0 aliphatic heterocycles. The largest absolute Gasteiger partial charge is 0.380 e. The van der Waals surface area contributed by atoms with Crippen molar-refractivity contribution in [3.8, 4) is 0 Å². The van der Waals surface area contributed by atoms with Gasteiger partial charge in [-0.2, -0.15) is 0 Å². The lowest BCUT2D eigenvalue weighted by atomic mass is 10.1. The van der Waals surface area contributed by atoms with E-state index in [0.717, 1.165) is 27.4 Å². The molecule has 0 aliphatic rings. The summed E-state index contributed by atoms with van der Waals surface area (Å²) in [6, 6.07) is 10.5. The Morgan fingerprint density at radius 3 is 2.39 bits per heavy atom. The lowest BCUT2D eigenvalue weighted by Gasteiger charge is -2.12. The Bertz CT molecular complexity index is 526. The predicted molar refractivity (Wildman–Crippen MR) is 74.7 cm³/mol. The first kappa shape index (κ1) is 12.9. The van der Waals surface area contributed by atoms with Gasteiger partial charge in [-0.15, -0.1) is 0 Å². The van der Waals surface area contributed by atoms with Gasteiger partial charge in [-0.25, -0.2) is 4.39 Å². The Morgan fingerprint density at radius 2 is 1.78 bits per heavy atom. The van der Waals surface area contributed by atoms with E-state index in [-0.39, 0.29) is 5.82 Å². The summed E-state index contributed by atoms with van der Waals surface area (Å²) in [7, 11) is 0. The van der Waals surface area contributed by atoms with Gasteiger partial charge in [0.05, 0.1) is 10.7 Å². The lowest BCUT2D eigenvalue weighted by Crippen LogP contribution is -2.02. The second-order valence-electron chi connectivity index (χ2n) is 4.42. The molecule has 0 aliphatic carbocycles. The molecule has 0 aromatic heterocycles. The van der Waals surface area contributed by atoms with Crippen molar-refractivity contribution in [2.45, 2.75) is 20.4 Å². The van der Waals surface area contributed by atoms with E-state index in [1.807, 2.05) is 19.9 Å². The zero-order valence-electron chi connectivity index (χ0n) is 10.4. The van der Waals surface area contributed by atoms with Crippen molar-refractivity contribution in [1.82, 2.24) is 0 Å². The van der Waals surface area contributed by atoms with E-state index in [2.05, 4.69) is 11.4 Å². The number of nitrogens with one attached hydrogen (secondary N) is 1. The van der Waals surface area contributed by atoms with E-state index in [0.29, 0.717) is 6.54 Å². The molecule has 0 bridgehead atoms. The van der Waals surface area contributed by atoms with Gasteiger partial charge in [0, 0.05) is 6.54 Å². The minimum atomic E-state index is -0.219. The summed E-state index contributed by atoms with van der Waals surface area (Å²) >= 11 is 6.20. The van der Waals surface area contributed by atoms with Crippen LogP contribution < -0.4 is 5.32 Å². The maximum Gasteiger partial charge on any atom is 0.123 e. The van der Waals surface area contributed by atoms with Gasteiger partial charge in [0.25, 0.3) is 0 Å². The summed E-state index contributed by atoms with van der Waals surface area (Å²) in [4.78, 5) is 0. The molecule has 0 atom stereocenters. The van der Waals surface area contributed by atoms with Crippen LogP contribution in [0, 0.1) is 19.7 Å². The summed E-state index contributed by atoms with van der Waals surface area (Å²) in [6.07, 6.45) is 0. The monoisotopic (exact) mass is 263 g/mol. The fraction of sp³-hybridized carbons (Fsp3) is 0.200. The number of aryl methyl sites for hydroxylation is 2. The van der Waals surface area contributed by atoms with Gasteiger partial charge in [-0.3, -0.25) is 0 Å². The van der Waals surface area contributed by atoms with Crippen molar-refractivity contribution in [3.05, 3.63) is 63.9 Å². The molecule has 0 fully saturated rings. The van der Waals surface area contributed by atoms with E-state index in [1.54, 1.807) is 12.1 Å². The van der Waals surface area contributed by atoms with Gasteiger partial charge in [0.2, 0.25) is 0 Å². The van der Waals surface area contributed by atoms with Crippen molar-refractivity contribution < 1.29 is 4.39 Å². The second kappa shape index (κ2) is 5.40. The van der Waals surface area contributed by atoms with Crippen LogP contribution in [0.15, 0.2) is 36.4 Å². The Labute approximate surface area is 112 Å². The molecular formula is C15H15ClFN. The molecule has 0 heterocycles. The van der Waals surface area contributed by atoms with E-state index < -0.39 is 0 Å². The van der Waals surface area contributed by atoms with Crippen LogP contribution >= 0.6 is 11.6 Å². The van der Waals surface area contributed by atoms with Crippen LogP contribution in [0.25, 0.3) is 0 Å². The molecule has 18 heavy (non-hydrogen) atoms. The van der Waals surface area contributed by atoms with Crippen LogP contribution in [0.4, 0.5) is 10.1 Å². The molecule has 0 unspecified atom stereocenters. The number of hydrogen-bond donors (Lipinski definition) is 1. The maximum atomic E-state index is 12.8. The van der Waals surface area contributed by atoms with E-state index >= 15 is 0 Å². The highest BCUT2D eigenvalue weighted by Crippen LogP contribution is 2.27. The van der Waals surface area contributed by atoms with Crippen molar-refractivity contribution in [2.24, 2.45) is 0 Å². The topological polar surface area (TPSA) is 12.0 Å². The molecule has 0 spiro atoms. The number of halogens is 2. The summed E-state index contributed by atoms with van der Waals surface area (Å²) in [5.74, 6) is -0.219. The number of benzene rings is 2. The third kappa shape index (κ3) is 3.02. The highest BCUT2D eigenvalue weighted by Gasteiger charge is 2.05.